The van der Waals surface area contributed by atoms with Crippen LogP contribution in [-0.4, -0.2) is 52.1 Å². The first-order valence-corrected chi connectivity index (χ1v) is 11.0. The highest BCUT2D eigenvalue weighted by Gasteiger charge is 2.19. The Morgan fingerprint density at radius 3 is 2.61 bits per heavy atom. The predicted octanol–water partition coefficient (Wildman–Crippen LogP) is 4.05. The van der Waals surface area contributed by atoms with E-state index in [4.69, 9.17) is 9.72 Å². The number of nitrogens with zero attached hydrogens (tertiary/aromatic N) is 4. The van der Waals surface area contributed by atoms with Gasteiger partial charge in [-0.1, -0.05) is 41.7 Å². The fourth-order valence-electron chi connectivity index (χ4n) is 3.83. The van der Waals surface area contributed by atoms with Gasteiger partial charge in [0.1, 0.15) is 0 Å². The van der Waals surface area contributed by atoms with Crippen LogP contribution in [0.2, 0.25) is 0 Å². The van der Waals surface area contributed by atoms with Crippen LogP contribution in [0.5, 0.6) is 0 Å². The van der Waals surface area contributed by atoms with Gasteiger partial charge in [-0.25, -0.2) is 9.78 Å². The minimum Gasteiger partial charge on any atom is -0.476 e. The molecule has 31 heavy (non-hydrogen) atoms. The second-order valence-corrected chi connectivity index (χ2v) is 8.59. The molecule has 0 spiro atoms. The van der Waals surface area contributed by atoms with Gasteiger partial charge in [0.25, 0.3) is 0 Å². The molecule has 2 aromatic heterocycles. The SMILES string of the molecule is Cc1cc(C(=O)O)nn1Cc1cc(-c2ccccc2)cc2sc(N3CCOCC3)nc12. The van der Waals surface area contributed by atoms with Gasteiger partial charge in [-0.3, -0.25) is 4.68 Å². The van der Waals surface area contributed by atoms with E-state index in [1.54, 1.807) is 22.1 Å². The van der Waals surface area contributed by atoms with Gasteiger partial charge in [-0.2, -0.15) is 5.10 Å². The first-order chi connectivity index (χ1) is 15.1. The number of hydrogen-bond donors (Lipinski definition) is 1. The zero-order chi connectivity index (χ0) is 21.4. The fraction of sp³-hybridized carbons (Fsp3) is 0.261. The molecule has 8 heteroatoms. The molecule has 3 heterocycles. The second kappa shape index (κ2) is 8.13. The Kier molecular flexibility index (Phi) is 5.17. The van der Waals surface area contributed by atoms with E-state index in [2.05, 4.69) is 34.3 Å². The van der Waals surface area contributed by atoms with E-state index in [1.165, 1.54) is 0 Å². The van der Waals surface area contributed by atoms with Gasteiger partial charge in [0.2, 0.25) is 0 Å². The molecule has 1 N–H and O–H groups in total. The monoisotopic (exact) mass is 434 g/mol. The van der Waals surface area contributed by atoms with Gasteiger partial charge in [0.15, 0.2) is 10.8 Å². The van der Waals surface area contributed by atoms with Gasteiger partial charge >= 0.3 is 5.97 Å². The van der Waals surface area contributed by atoms with E-state index in [-0.39, 0.29) is 5.69 Å². The molecule has 1 fully saturated rings. The number of aryl methyl sites for hydroxylation is 1. The summed E-state index contributed by atoms with van der Waals surface area (Å²) in [6, 6.07) is 16.2. The number of benzene rings is 2. The summed E-state index contributed by atoms with van der Waals surface area (Å²) in [7, 11) is 0. The lowest BCUT2D eigenvalue weighted by Gasteiger charge is -2.25. The van der Waals surface area contributed by atoms with E-state index < -0.39 is 5.97 Å². The zero-order valence-electron chi connectivity index (χ0n) is 17.1. The predicted molar refractivity (Wildman–Crippen MR) is 121 cm³/mol. The first-order valence-electron chi connectivity index (χ1n) is 10.2. The van der Waals surface area contributed by atoms with E-state index in [9.17, 15) is 9.90 Å². The number of carbonyl (C=O) groups is 1. The number of morpholine rings is 1. The molecule has 5 rings (SSSR count). The number of hydrogen-bond acceptors (Lipinski definition) is 6. The van der Waals surface area contributed by atoms with Crippen molar-refractivity contribution in [1.29, 1.82) is 0 Å². The van der Waals surface area contributed by atoms with E-state index in [0.29, 0.717) is 19.8 Å². The zero-order valence-corrected chi connectivity index (χ0v) is 17.9. The number of ether oxygens (including phenoxy) is 1. The molecule has 7 nitrogen and oxygen atoms in total. The molecular weight excluding hydrogens is 412 g/mol. The molecule has 0 unspecified atom stereocenters. The maximum atomic E-state index is 11.3. The maximum absolute atomic E-state index is 11.3. The topological polar surface area (TPSA) is 80.5 Å². The van der Waals surface area contributed by atoms with Crippen molar-refractivity contribution in [3.8, 4) is 11.1 Å². The summed E-state index contributed by atoms with van der Waals surface area (Å²) in [5.41, 5.74) is 5.08. The summed E-state index contributed by atoms with van der Waals surface area (Å²) in [5.74, 6) is -1.02. The van der Waals surface area contributed by atoms with Crippen LogP contribution in [0, 0.1) is 6.92 Å². The van der Waals surface area contributed by atoms with Gasteiger partial charge < -0.3 is 14.7 Å². The molecular formula is C23H22N4O3S. The Labute approximate surface area is 183 Å². The lowest BCUT2D eigenvalue weighted by atomic mass is 10.0. The highest BCUT2D eigenvalue weighted by molar-refractivity contribution is 7.22. The lowest BCUT2D eigenvalue weighted by Crippen LogP contribution is -2.36. The second-order valence-electron chi connectivity index (χ2n) is 7.58. The quantitative estimate of drug-likeness (QED) is 0.510. The van der Waals surface area contributed by atoms with Crippen molar-refractivity contribution < 1.29 is 14.6 Å². The number of carboxylic acids is 1. The molecule has 0 saturated carbocycles. The molecule has 0 bridgehead atoms. The minimum atomic E-state index is -1.02. The number of aromatic nitrogens is 3. The Bertz CT molecular complexity index is 1240. The van der Waals surface area contributed by atoms with Gasteiger partial charge in [-0.15, -0.1) is 0 Å². The molecule has 0 atom stereocenters. The van der Waals surface area contributed by atoms with Crippen molar-refractivity contribution in [2.45, 2.75) is 13.5 Å². The Morgan fingerprint density at radius 2 is 1.90 bits per heavy atom. The Balaban J connectivity index is 1.61. The Hall–Kier alpha value is -3.23. The summed E-state index contributed by atoms with van der Waals surface area (Å²) in [6.07, 6.45) is 0. The van der Waals surface area contributed by atoms with Gasteiger partial charge in [0, 0.05) is 24.3 Å². The minimum absolute atomic E-state index is 0.0558. The van der Waals surface area contributed by atoms with Crippen LogP contribution < -0.4 is 4.90 Å². The highest BCUT2D eigenvalue weighted by Crippen LogP contribution is 2.35. The third kappa shape index (κ3) is 3.92. The lowest BCUT2D eigenvalue weighted by molar-refractivity contribution is 0.0689. The summed E-state index contributed by atoms with van der Waals surface area (Å²) in [4.78, 5) is 18.6. The molecule has 158 valence electrons. The maximum Gasteiger partial charge on any atom is 0.356 e. The van der Waals surface area contributed by atoms with Crippen LogP contribution in [0.15, 0.2) is 48.5 Å². The molecule has 1 saturated heterocycles. The van der Waals surface area contributed by atoms with Crippen molar-refractivity contribution >= 4 is 32.7 Å². The summed E-state index contributed by atoms with van der Waals surface area (Å²) >= 11 is 1.69. The van der Waals surface area contributed by atoms with Crippen molar-refractivity contribution in [2.75, 3.05) is 31.2 Å². The normalized spacial score (nSPS) is 14.3. The number of thiazole rings is 1. The van der Waals surface area contributed by atoms with Crippen molar-refractivity contribution in [3.63, 3.8) is 0 Å². The summed E-state index contributed by atoms with van der Waals surface area (Å²) in [6.45, 7) is 5.42. The van der Waals surface area contributed by atoms with E-state index in [1.807, 2.05) is 25.1 Å². The van der Waals surface area contributed by atoms with Crippen LogP contribution in [0.4, 0.5) is 5.13 Å². The van der Waals surface area contributed by atoms with Crippen molar-refractivity contribution in [3.05, 3.63) is 65.5 Å². The van der Waals surface area contributed by atoms with Crippen LogP contribution >= 0.6 is 11.3 Å². The average Bonchev–Trinajstić information content (AvgIpc) is 3.39. The van der Waals surface area contributed by atoms with Crippen LogP contribution in [-0.2, 0) is 11.3 Å². The molecule has 2 aromatic carbocycles. The highest BCUT2D eigenvalue weighted by atomic mass is 32.1. The Morgan fingerprint density at radius 1 is 1.13 bits per heavy atom. The number of carboxylic acid groups (broad SMARTS) is 1. The molecule has 1 aliphatic rings. The summed E-state index contributed by atoms with van der Waals surface area (Å²) < 4.78 is 8.33. The standard InChI is InChI=1S/C23H22N4O3S/c1-15-11-19(22(28)29)25-27(15)14-18-12-17(16-5-3-2-4-6-16)13-20-21(18)24-23(31-20)26-7-9-30-10-8-26/h2-6,11-13H,7-10,14H2,1H3,(H,28,29). The molecule has 0 aliphatic carbocycles. The van der Waals surface area contributed by atoms with Crippen LogP contribution in [0.25, 0.3) is 21.3 Å². The van der Waals surface area contributed by atoms with E-state index in [0.717, 1.165) is 50.8 Å². The smallest absolute Gasteiger partial charge is 0.356 e. The van der Waals surface area contributed by atoms with Crippen molar-refractivity contribution in [1.82, 2.24) is 14.8 Å². The molecule has 4 aromatic rings. The summed E-state index contributed by atoms with van der Waals surface area (Å²) in [5, 5.41) is 14.6. The van der Waals surface area contributed by atoms with Crippen molar-refractivity contribution in [2.24, 2.45) is 0 Å². The third-order valence-electron chi connectivity index (χ3n) is 5.47. The number of fused-ring (bicyclic) bond motifs is 1. The molecule has 0 radical (unpaired) electrons. The number of rotatable bonds is 5. The van der Waals surface area contributed by atoms with E-state index >= 15 is 0 Å². The van der Waals surface area contributed by atoms with Crippen LogP contribution in [0.3, 0.4) is 0 Å². The fourth-order valence-corrected chi connectivity index (χ4v) is 4.94. The third-order valence-corrected chi connectivity index (χ3v) is 6.53. The number of aromatic carboxylic acids is 1. The van der Waals surface area contributed by atoms with Gasteiger partial charge in [-0.05, 0) is 36.2 Å². The first kappa shape index (κ1) is 19.7. The van der Waals surface area contributed by atoms with Crippen LogP contribution in [0.1, 0.15) is 21.7 Å². The number of anilines is 1. The average molecular weight is 435 g/mol. The van der Waals surface area contributed by atoms with Gasteiger partial charge in [0.05, 0.1) is 30.0 Å². The molecule has 1 aliphatic heterocycles. The molecule has 0 amide bonds. The largest absolute Gasteiger partial charge is 0.476 e.